The van der Waals surface area contributed by atoms with Crippen LogP contribution in [0.1, 0.15) is 5.69 Å². The van der Waals surface area contributed by atoms with Crippen LogP contribution >= 0.6 is 0 Å². The number of hydrogen-bond acceptors (Lipinski definition) is 4. The van der Waals surface area contributed by atoms with E-state index in [0.717, 1.165) is 0 Å². The number of rotatable bonds is 3. The summed E-state index contributed by atoms with van der Waals surface area (Å²) >= 11 is 0. The number of benzene rings is 1. The number of hydrogen-bond donors (Lipinski definition) is 1. The fourth-order valence-corrected chi connectivity index (χ4v) is 1.51. The highest BCUT2D eigenvalue weighted by atomic mass is 19.4. The maximum absolute atomic E-state index is 12.1. The second kappa shape index (κ2) is 5.48. The third-order valence-corrected chi connectivity index (χ3v) is 2.23. The fraction of sp³-hybridized carbons (Fsp3) is 0.0769. The molecule has 0 aliphatic carbocycles. The maximum atomic E-state index is 12.1. The molecule has 0 fully saturated rings. The van der Waals surface area contributed by atoms with E-state index in [1.54, 1.807) is 12.1 Å². The van der Waals surface area contributed by atoms with E-state index in [4.69, 9.17) is 5.26 Å². The number of nitrogens with zero attached hydrogens (tertiary/aromatic N) is 2. The zero-order chi connectivity index (χ0) is 14.6. The van der Waals surface area contributed by atoms with Crippen LogP contribution in [0.3, 0.4) is 0 Å². The van der Waals surface area contributed by atoms with E-state index in [0.29, 0.717) is 11.4 Å². The lowest BCUT2D eigenvalue weighted by molar-refractivity contribution is -0.274. The lowest BCUT2D eigenvalue weighted by atomic mass is 10.2. The Morgan fingerprint density at radius 3 is 2.60 bits per heavy atom. The van der Waals surface area contributed by atoms with Crippen LogP contribution in [0, 0.1) is 11.3 Å². The van der Waals surface area contributed by atoms with Crippen molar-refractivity contribution in [1.29, 1.82) is 5.26 Å². The summed E-state index contributed by atoms with van der Waals surface area (Å²) in [5, 5.41) is 11.6. The molecule has 0 aliphatic rings. The predicted molar refractivity (Wildman–Crippen MR) is 65.4 cm³/mol. The molecule has 7 heteroatoms. The number of ether oxygens (including phenoxy) is 1. The average Bonchev–Trinajstić information content (AvgIpc) is 2.37. The van der Waals surface area contributed by atoms with E-state index in [1.807, 2.05) is 6.07 Å². The van der Waals surface area contributed by atoms with Gasteiger partial charge in [0.05, 0.1) is 0 Å². The molecule has 0 saturated carbocycles. The molecule has 2 aromatic rings. The highest BCUT2D eigenvalue weighted by molar-refractivity contribution is 5.61. The molecular formula is C13H8F3N3O. The Hall–Kier alpha value is -2.75. The van der Waals surface area contributed by atoms with Gasteiger partial charge < -0.3 is 10.1 Å². The van der Waals surface area contributed by atoms with Crippen molar-refractivity contribution >= 4 is 11.4 Å². The van der Waals surface area contributed by atoms with Crippen LogP contribution in [0.25, 0.3) is 0 Å². The topological polar surface area (TPSA) is 57.9 Å². The Kier molecular flexibility index (Phi) is 3.75. The SMILES string of the molecule is N#Cc1cc(Nc2cccc(OC(F)(F)F)c2)ccn1. The third-order valence-electron chi connectivity index (χ3n) is 2.23. The van der Waals surface area contributed by atoms with E-state index in [1.165, 1.54) is 30.5 Å². The maximum Gasteiger partial charge on any atom is 0.573 e. The molecule has 0 radical (unpaired) electrons. The van der Waals surface area contributed by atoms with Gasteiger partial charge in [-0.3, -0.25) is 0 Å². The second-order valence-electron chi connectivity index (χ2n) is 3.74. The van der Waals surface area contributed by atoms with Crippen LogP contribution in [-0.2, 0) is 0 Å². The van der Waals surface area contributed by atoms with Gasteiger partial charge in [0.25, 0.3) is 0 Å². The summed E-state index contributed by atoms with van der Waals surface area (Å²) in [4.78, 5) is 3.79. The molecule has 0 saturated heterocycles. The monoisotopic (exact) mass is 279 g/mol. The smallest absolute Gasteiger partial charge is 0.406 e. The lowest BCUT2D eigenvalue weighted by Crippen LogP contribution is -2.17. The van der Waals surface area contributed by atoms with Gasteiger partial charge in [-0.2, -0.15) is 5.26 Å². The first-order valence-electron chi connectivity index (χ1n) is 5.45. The Labute approximate surface area is 112 Å². The minimum atomic E-state index is -4.73. The Morgan fingerprint density at radius 2 is 1.90 bits per heavy atom. The second-order valence-corrected chi connectivity index (χ2v) is 3.74. The molecule has 1 aromatic carbocycles. The molecule has 1 aromatic heterocycles. The summed E-state index contributed by atoms with van der Waals surface area (Å²) in [5.74, 6) is -0.322. The number of aromatic nitrogens is 1. The van der Waals surface area contributed by atoms with E-state index in [9.17, 15) is 13.2 Å². The zero-order valence-electron chi connectivity index (χ0n) is 9.98. The molecule has 0 unspecified atom stereocenters. The van der Waals surface area contributed by atoms with Gasteiger partial charge in [0, 0.05) is 23.6 Å². The minimum Gasteiger partial charge on any atom is -0.406 e. The Balaban J connectivity index is 2.17. The summed E-state index contributed by atoms with van der Waals surface area (Å²) in [6, 6.07) is 10.4. The van der Waals surface area contributed by atoms with Crippen LogP contribution in [0.5, 0.6) is 5.75 Å². The molecule has 20 heavy (non-hydrogen) atoms. The van der Waals surface area contributed by atoms with Crippen LogP contribution in [0.2, 0.25) is 0 Å². The summed E-state index contributed by atoms with van der Waals surface area (Å²) in [5.41, 5.74) is 1.15. The largest absolute Gasteiger partial charge is 0.573 e. The van der Waals surface area contributed by atoms with Gasteiger partial charge in [-0.05, 0) is 24.3 Å². The molecule has 0 aliphatic heterocycles. The van der Waals surface area contributed by atoms with Gasteiger partial charge in [0.1, 0.15) is 17.5 Å². The molecule has 1 N–H and O–H groups in total. The van der Waals surface area contributed by atoms with Crippen molar-refractivity contribution in [3.8, 4) is 11.8 Å². The highest BCUT2D eigenvalue weighted by Gasteiger charge is 2.31. The minimum absolute atomic E-state index is 0.206. The summed E-state index contributed by atoms with van der Waals surface area (Å²) < 4.78 is 40.2. The standard InChI is InChI=1S/C13H8F3N3O/c14-13(15,16)20-12-3-1-2-9(7-12)19-10-4-5-18-11(6-10)8-17/h1-7H,(H,18,19). The number of nitriles is 1. The lowest BCUT2D eigenvalue weighted by Gasteiger charge is -2.11. The van der Waals surface area contributed by atoms with E-state index in [2.05, 4.69) is 15.0 Å². The van der Waals surface area contributed by atoms with E-state index < -0.39 is 6.36 Å². The zero-order valence-corrected chi connectivity index (χ0v) is 9.98. The Morgan fingerprint density at radius 1 is 1.15 bits per heavy atom. The van der Waals surface area contributed by atoms with E-state index in [-0.39, 0.29) is 11.4 Å². The average molecular weight is 279 g/mol. The van der Waals surface area contributed by atoms with E-state index >= 15 is 0 Å². The van der Waals surface area contributed by atoms with Crippen molar-refractivity contribution in [3.63, 3.8) is 0 Å². The van der Waals surface area contributed by atoms with Gasteiger partial charge >= 0.3 is 6.36 Å². The molecule has 4 nitrogen and oxygen atoms in total. The first-order valence-corrected chi connectivity index (χ1v) is 5.45. The predicted octanol–water partition coefficient (Wildman–Crippen LogP) is 3.60. The van der Waals surface area contributed by atoms with Gasteiger partial charge in [0.15, 0.2) is 0 Å². The summed E-state index contributed by atoms with van der Waals surface area (Å²) in [6.07, 6.45) is -3.31. The molecule has 0 bridgehead atoms. The fourth-order valence-electron chi connectivity index (χ4n) is 1.51. The summed E-state index contributed by atoms with van der Waals surface area (Å²) in [6.45, 7) is 0. The normalized spacial score (nSPS) is 10.7. The van der Waals surface area contributed by atoms with Crippen LogP contribution in [-0.4, -0.2) is 11.3 Å². The van der Waals surface area contributed by atoms with Gasteiger partial charge in [-0.25, -0.2) is 4.98 Å². The molecule has 1 heterocycles. The first kappa shape index (κ1) is 13.7. The number of pyridine rings is 1. The van der Waals surface area contributed by atoms with Crippen molar-refractivity contribution in [2.45, 2.75) is 6.36 Å². The highest BCUT2D eigenvalue weighted by Crippen LogP contribution is 2.26. The number of anilines is 2. The Bertz CT molecular complexity index is 650. The molecule has 0 atom stereocenters. The van der Waals surface area contributed by atoms with Crippen LogP contribution in [0.15, 0.2) is 42.6 Å². The molecule has 2 rings (SSSR count). The molecular weight excluding hydrogens is 271 g/mol. The van der Waals surface area contributed by atoms with Crippen molar-refractivity contribution in [3.05, 3.63) is 48.3 Å². The quantitative estimate of drug-likeness (QED) is 0.932. The van der Waals surface area contributed by atoms with Crippen molar-refractivity contribution in [2.75, 3.05) is 5.32 Å². The summed E-state index contributed by atoms with van der Waals surface area (Å²) in [7, 11) is 0. The van der Waals surface area contributed by atoms with Crippen molar-refractivity contribution < 1.29 is 17.9 Å². The first-order chi connectivity index (χ1) is 9.46. The van der Waals surface area contributed by atoms with Gasteiger partial charge in [-0.1, -0.05) is 6.07 Å². The van der Waals surface area contributed by atoms with Crippen molar-refractivity contribution in [2.24, 2.45) is 0 Å². The molecule has 0 spiro atoms. The number of nitrogens with one attached hydrogen (secondary N) is 1. The molecule has 0 amide bonds. The third kappa shape index (κ3) is 3.88. The van der Waals surface area contributed by atoms with Crippen molar-refractivity contribution in [1.82, 2.24) is 4.98 Å². The van der Waals surface area contributed by atoms with Gasteiger partial charge in [0.2, 0.25) is 0 Å². The van der Waals surface area contributed by atoms with Crippen LogP contribution in [0.4, 0.5) is 24.5 Å². The number of halogens is 3. The van der Waals surface area contributed by atoms with Crippen LogP contribution < -0.4 is 10.1 Å². The van der Waals surface area contributed by atoms with Gasteiger partial charge in [-0.15, -0.1) is 13.2 Å². The molecule has 102 valence electrons. The number of alkyl halides is 3.